The van der Waals surface area contributed by atoms with Gasteiger partial charge in [0.25, 0.3) is 0 Å². The number of carbonyl (C=O) groups excluding carboxylic acids is 1. The number of hydrogen-bond donors (Lipinski definition) is 1. The van der Waals surface area contributed by atoms with Crippen molar-refractivity contribution in [1.82, 2.24) is 0 Å². The predicted octanol–water partition coefficient (Wildman–Crippen LogP) is 7.23. The standard InChI is InChI=1S/C28H26Cl2N2O2/c1-3-24(25-14-13-23(29)17-26(25)30)28(22-7-5-6-20(16-22)18-32-31)21-11-8-19(9-12-21)10-15-27(33)34-4-2/h5-18H,3-4,31H2,1-2H3/b15-10+,28-24+,32-18-. The van der Waals surface area contributed by atoms with Gasteiger partial charge in [0.05, 0.1) is 12.8 Å². The Hall–Kier alpha value is -3.34. The van der Waals surface area contributed by atoms with Gasteiger partial charge in [-0.1, -0.05) is 78.7 Å². The molecule has 0 aromatic heterocycles. The fraction of sp³-hybridized carbons (Fsp3) is 0.143. The molecule has 0 bridgehead atoms. The van der Waals surface area contributed by atoms with E-state index in [-0.39, 0.29) is 5.97 Å². The Morgan fingerprint density at radius 2 is 1.74 bits per heavy atom. The first-order valence-corrected chi connectivity index (χ1v) is 11.7. The molecule has 34 heavy (non-hydrogen) atoms. The van der Waals surface area contributed by atoms with Crippen LogP contribution in [0.25, 0.3) is 17.2 Å². The molecule has 0 amide bonds. The molecular formula is C28H26Cl2N2O2. The molecule has 3 rings (SSSR count). The highest BCUT2D eigenvalue weighted by Gasteiger charge is 2.16. The first-order chi connectivity index (χ1) is 16.5. The second kappa shape index (κ2) is 12.2. The van der Waals surface area contributed by atoms with Gasteiger partial charge < -0.3 is 10.6 Å². The largest absolute Gasteiger partial charge is 0.463 e. The van der Waals surface area contributed by atoms with Gasteiger partial charge in [0.15, 0.2) is 0 Å². The summed E-state index contributed by atoms with van der Waals surface area (Å²) >= 11 is 12.8. The molecule has 0 aliphatic rings. The van der Waals surface area contributed by atoms with Crippen LogP contribution in [0.3, 0.4) is 0 Å². The number of allylic oxidation sites excluding steroid dienone is 1. The van der Waals surface area contributed by atoms with Crippen molar-refractivity contribution >= 4 is 52.6 Å². The van der Waals surface area contributed by atoms with Crippen LogP contribution in [0.1, 0.15) is 48.1 Å². The lowest BCUT2D eigenvalue weighted by molar-refractivity contribution is -0.137. The van der Waals surface area contributed by atoms with Gasteiger partial charge in [0.2, 0.25) is 0 Å². The molecule has 0 atom stereocenters. The van der Waals surface area contributed by atoms with Crippen LogP contribution in [0.2, 0.25) is 10.0 Å². The molecule has 3 aromatic rings. The van der Waals surface area contributed by atoms with E-state index in [0.29, 0.717) is 16.7 Å². The third-order valence-corrected chi connectivity index (χ3v) is 5.76. The van der Waals surface area contributed by atoms with Crippen molar-refractivity contribution in [3.63, 3.8) is 0 Å². The summed E-state index contributed by atoms with van der Waals surface area (Å²) in [6.45, 7) is 4.22. The van der Waals surface area contributed by atoms with Crippen LogP contribution in [0.5, 0.6) is 0 Å². The summed E-state index contributed by atoms with van der Waals surface area (Å²) in [4.78, 5) is 11.6. The number of rotatable bonds is 8. The number of esters is 1. The van der Waals surface area contributed by atoms with Crippen LogP contribution >= 0.6 is 23.2 Å². The van der Waals surface area contributed by atoms with Crippen molar-refractivity contribution in [3.8, 4) is 0 Å². The van der Waals surface area contributed by atoms with Gasteiger partial charge in [-0.3, -0.25) is 0 Å². The summed E-state index contributed by atoms with van der Waals surface area (Å²) in [5.74, 6) is 5.02. The second-order valence-electron chi connectivity index (χ2n) is 7.44. The average molecular weight is 493 g/mol. The third-order valence-electron chi connectivity index (χ3n) is 5.21. The van der Waals surface area contributed by atoms with Crippen molar-refractivity contribution in [2.45, 2.75) is 20.3 Å². The fourth-order valence-corrected chi connectivity index (χ4v) is 4.25. The Labute approximate surface area is 210 Å². The molecule has 0 heterocycles. The van der Waals surface area contributed by atoms with E-state index in [4.69, 9.17) is 33.8 Å². The fourth-order valence-electron chi connectivity index (χ4n) is 3.73. The first kappa shape index (κ1) is 25.3. The van der Waals surface area contributed by atoms with Crippen LogP contribution in [0.4, 0.5) is 0 Å². The number of hydrazone groups is 1. The van der Waals surface area contributed by atoms with E-state index in [1.165, 1.54) is 6.08 Å². The first-order valence-electron chi connectivity index (χ1n) is 10.9. The lowest BCUT2D eigenvalue weighted by atomic mass is 9.87. The van der Waals surface area contributed by atoms with Gasteiger partial charge in [0, 0.05) is 16.1 Å². The minimum absolute atomic E-state index is 0.344. The van der Waals surface area contributed by atoms with Crippen molar-refractivity contribution in [1.29, 1.82) is 0 Å². The lowest BCUT2D eigenvalue weighted by Gasteiger charge is -2.18. The van der Waals surface area contributed by atoms with Gasteiger partial charge in [-0.15, -0.1) is 0 Å². The molecule has 4 nitrogen and oxygen atoms in total. The average Bonchev–Trinajstić information content (AvgIpc) is 2.83. The molecule has 0 aliphatic heterocycles. The molecule has 0 radical (unpaired) electrons. The summed E-state index contributed by atoms with van der Waals surface area (Å²) in [6, 6.07) is 21.6. The van der Waals surface area contributed by atoms with E-state index in [2.05, 4.69) is 18.1 Å². The monoisotopic (exact) mass is 492 g/mol. The minimum atomic E-state index is -0.365. The molecule has 0 saturated carbocycles. The molecule has 6 heteroatoms. The molecule has 174 valence electrons. The zero-order chi connectivity index (χ0) is 24.5. The van der Waals surface area contributed by atoms with Crippen molar-refractivity contribution < 1.29 is 9.53 Å². The van der Waals surface area contributed by atoms with Gasteiger partial charge in [-0.2, -0.15) is 5.10 Å². The molecule has 0 aliphatic carbocycles. The third kappa shape index (κ3) is 6.37. The zero-order valence-electron chi connectivity index (χ0n) is 19.1. The Balaban J connectivity index is 2.17. The summed E-state index contributed by atoms with van der Waals surface area (Å²) in [6.07, 6.45) is 5.53. The molecule has 0 spiro atoms. The van der Waals surface area contributed by atoms with Gasteiger partial charge in [-0.25, -0.2) is 4.79 Å². The Morgan fingerprint density at radius 1 is 0.971 bits per heavy atom. The molecule has 2 N–H and O–H groups in total. The van der Waals surface area contributed by atoms with Crippen LogP contribution in [0, 0.1) is 0 Å². The van der Waals surface area contributed by atoms with E-state index in [0.717, 1.165) is 45.4 Å². The maximum atomic E-state index is 11.6. The number of nitrogens with two attached hydrogens (primary N) is 1. The second-order valence-corrected chi connectivity index (χ2v) is 8.29. The van der Waals surface area contributed by atoms with E-state index in [1.807, 2.05) is 54.6 Å². The Bertz CT molecular complexity index is 1250. The predicted molar refractivity (Wildman–Crippen MR) is 143 cm³/mol. The smallest absolute Gasteiger partial charge is 0.330 e. The molecule has 3 aromatic carbocycles. The van der Waals surface area contributed by atoms with Crippen LogP contribution in [0.15, 0.2) is 77.9 Å². The summed E-state index contributed by atoms with van der Waals surface area (Å²) in [5.41, 5.74) is 6.85. The Kier molecular flexibility index (Phi) is 9.08. The van der Waals surface area contributed by atoms with Gasteiger partial charge in [0.1, 0.15) is 0 Å². The maximum absolute atomic E-state index is 11.6. The Morgan fingerprint density at radius 3 is 2.38 bits per heavy atom. The van der Waals surface area contributed by atoms with Crippen molar-refractivity contribution in [2.24, 2.45) is 10.9 Å². The van der Waals surface area contributed by atoms with Crippen molar-refractivity contribution in [3.05, 3.63) is 111 Å². The molecular weight excluding hydrogens is 467 g/mol. The van der Waals surface area contributed by atoms with E-state index in [1.54, 1.807) is 25.3 Å². The summed E-state index contributed by atoms with van der Waals surface area (Å²) in [5, 5.41) is 4.84. The molecule has 0 fully saturated rings. The van der Waals surface area contributed by atoms with Crippen molar-refractivity contribution in [2.75, 3.05) is 6.61 Å². The van der Waals surface area contributed by atoms with E-state index >= 15 is 0 Å². The quantitative estimate of drug-likeness (QED) is 0.0899. The summed E-state index contributed by atoms with van der Waals surface area (Å²) < 4.78 is 4.95. The number of carbonyl (C=O) groups is 1. The highest BCUT2D eigenvalue weighted by atomic mass is 35.5. The highest BCUT2D eigenvalue weighted by molar-refractivity contribution is 6.36. The summed E-state index contributed by atoms with van der Waals surface area (Å²) in [7, 11) is 0. The van der Waals surface area contributed by atoms with Gasteiger partial charge in [-0.05, 0) is 76.6 Å². The number of halogens is 2. The normalized spacial score (nSPS) is 12.2. The highest BCUT2D eigenvalue weighted by Crippen LogP contribution is 2.38. The number of benzene rings is 3. The van der Waals surface area contributed by atoms with Crippen LogP contribution in [-0.4, -0.2) is 18.8 Å². The maximum Gasteiger partial charge on any atom is 0.330 e. The van der Waals surface area contributed by atoms with E-state index in [9.17, 15) is 4.79 Å². The number of nitrogens with zero attached hydrogens (tertiary/aromatic N) is 1. The lowest BCUT2D eigenvalue weighted by Crippen LogP contribution is -1.99. The number of hydrogen-bond acceptors (Lipinski definition) is 4. The SMILES string of the molecule is CCOC(=O)/C=C/c1ccc(/C(=C(/CC)c2ccc(Cl)cc2Cl)c2cccc(/C=N\N)c2)cc1. The minimum Gasteiger partial charge on any atom is -0.463 e. The zero-order valence-corrected chi connectivity index (χ0v) is 20.6. The number of ether oxygens (including phenoxy) is 1. The molecule has 0 unspecified atom stereocenters. The molecule has 0 saturated heterocycles. The van der Waals surface area contributed by atoms with E-state index < -0.39 is 0 Å². The van der Waals surface area contributed by atoms with Crippen LogP contribution < -0.4 is 5.84 Å². The van der Waals surface area contributed by atoms with Gasteiger partial charge >= 0.3 is 5.97 Å². The topological polar surface area (TPSA) is 64.7 Å². The van der Waals surface area contributed by atoms with Crippen LogP contribution in [-0.2, 0) is 9.53 Å².